The van der Waals surface area contributed by atoms with Gasteiger partial charge in [0.1, 0.15) is 11.6 Å². The molecule has 1 aromatic rings. The van der Waals surface area contributed by atoms with Crippen molar-refractivity contribution in [2.45, 2.75) is 32.4 Å². The molecule has 0 saturated heterocycles. The molecule has 0 heterocycles. The molecule has 1 aromatic carbocycles. The Balaban J connectivity index is 2.69. The normalized spacial score (nSPS) is 14.2. The van der Waals surface area contributed by atoms with Crippen molar-refractivity contribution in [3.05, 3.63) is 35.4 Å². The second-order valence-corrected chi connectivity index (χ2v) is 4.12. The van der Waals surface area contributed by atoms with E-state index < -0.39 is 23.6 Å². The molecule has 0 aliphatic heterocycles. The first-order valence-electron chi connectivity index (χ1n) is 5.33. The molecule has 5 heteroatoms. The van der Waals surface area contributed by atoms with Crippen molar-refractivity contribution >= 4 is 5.91 Å². The number of hydrogen-bond acceptors (Lipinski definition) is 2. The van der Waals surface area contributed by atoms with Gasteiger partial charge in [0.25, 0.3) is 5.91 Å². The minimum atomic E-state index is -0.793. The maximum Gasteiger partial charge on any atom is 0.251 e. The molecule has 2 atom stereocenters. The number of benzene rings is 1. The highest BCUT2D eigenvalue weighted by Gasteiger charge is 2.13. The summed E-state index contributed by atoms with van der Waals surface area (Å²) in [6.07, 6.45) is -0.168. The minimum Gasteiger partial charge on any atom is -0.393 e. The third-order valence-corrected chi connectivity index (χ3v) is 2.20. The van der Waals surface area contributed by atoms with Crippen molar-refractivity contribution in [3.63, 3.8) is 0 Å². The lowest BCUT2D eigenvalue weighted by Crippen LogP contribution is -2.34. The zero-order valence-electron chi connectivity index (χ0n) is 9.71. The summed E-state index contributed by atoms with van der Waals surface area (Å²) in [5, 5.41) is 11.7. The Morgan fingerprint density at radius 1 is 1.29 bits per heavy atom. The van der Waals surface area contributed by atoms with E-state index in [-0.39, 0.29) is 11.6 Å². The van der Waals surface area contributed by atoms with Crippen molar-refractivity contribution in [3.8, 4) is 0 Å². The van der Waals surface area contributed by atoms with Gasteiger partial charge < -0.3 is 10.4 Å². The fourth-order valence-electron chi connectivity index (χ4n) is 1.56. The molecule has 0 fully saturated rings. The van der Waals surface area contributed by atoms with Crippen LogP contribution in [0.4, 0.5) is 8.78 Å². The van der Waals surface area contributed by atoms with Crippen LogP contribution < -0.4 is 5.32 Å². The maximum atomic E-state index is 12.9. The Morgan fingerprint density at radius 2 is 1.82 bits per heavy atom. The van der Waals surface area contributed by atoms with Crippen molar-refractivity contribution in [1.82, 2.24) is 5.32 Å². The highest BCUT2D eigenvalue weighted by Crippen LogP contribution is 2.08. The van der Waals surface area contributed by atoms with E-state index in [1.54, 1.807) is 13.8 Å². The third-order valence-electron chi connectivity index (χ3n) is 2.20. The van der Waals surface area contributed by atoms with Crippen molar-refractivity contribution in [2.75, 3.05) is 0 Å². The van der Waals surface area contributed by atoms with Crippen LogP contribution in [-0.2, 0) is 0 Å². The van der Waals surface area contributed by atoms with Crippen LogP contribution in [0.25, 0.3) is 0 Å². The lowest BCUT2D eigenvalue weighted by atomic mass is 10.1. The summed E-state index contributed by atoms with van der Waals surface area (Å²) in [5.41, 5.74) is -0.0695. The van der Waals surface area contributed by atoms with Crippen molar-refractivity contribution in [2.24, 2.45) is 0 Å². The van der Waals surface area contributed by atoms with Gasteiger partial charge in [-0.15, -0.1) is 0 Å². The monoisotopic (exact) mass is 243 g/mol. The van der Waals surface area contributed by atoms with Gasteiger partial charge in [0, 0.05) is 17.7 Å². The molecule has 0 unspecified atom stereocenters. The number of halogens is 2. The van der Waals surface area contributed by atoms with Crippen LogP contribution in [-0.4, -0.2) is 23.2 Å². The van der Waals surface area contributed by atoms with Crippen LogP contribution in [0.15, 0.2) is 18.2 Å². The summed E-state index contributed by atoms with van der Waals surface area (Å²) in [4.78, 5) is 11.6. The molecule has 0 aliphatic carbocycles. The number of nitrogens with one attached hydrogen (secondary N) is 1. The van der Waals surface area contributed by atoms with E-state index in [1.165, 1.54) is 0 Å². The van der Waals surface area contributed by atoms with Gasteiger partial charge in [-0.1, -0.05) is 0 Å². The fraction of sp³-hybridized carbons (Fsp3) is 0.417. The smallest absolute Gasteiger partial charge is 0.251 e. The summed E-state index contributed by atoms with van der Waals surface area (Å²) in [7, 11) is 0. The average Bonchev–Trinajstić information content (AvgIpc) is 2.14. The SMILES string of the molecule is C[C@H](O)C[C@@H](C)NC(=O)c1cc(F)cc(F)c1. The van der Waals surface area contributed by atoms with Gasteiger partial charge in [-0.2, -0.15) is 0 Å². The van der Waals surface area contributed by atoms with Crippen LogP contribution in [0.1, 0.15) is 30.6 Å². The van der Waals surface area contributed by atoms with Crippen LogP contribution >= 0.6 is 0 Å². The molecule has 0 bridgehead atoms. The maximum absolute atomic E-state index is 12.9. The number of carbonyl (C=O) groups is 1. The first-order chi connectivity index (χ1) is 7.88. The summed E-state index contributed by atoms with van der Waals surface area (Å²) < 4.78 is 25.8. The molecular weight excluding hydrogens is 228 g/mol. The van der Waals surface area contributed by atoms with Gasteiger partial charge in [0.15, 0.2) is 0 Å². The van der Waals surface area contributed by atoms with Crippen LogP contribution in [0.3, 0.4) is 0 Å². The second-order valence-electron chi connectivity index (χ2n) is 4.12. The molecule has 0 aromatic heterocycles. The summed E-state index contributed by atoms with van der Waals surface area (Å²) in [6.45, 7) is 3.31. The fourth-order valence-corrected chi connectivity index (χ4v) is 1.56. The number of aliphatic hydroxyl groups excluding tert-OH is 1. The number of rotatable bonds is 4. The highest BCUT2D eigenvalue weighted by atomic mass is 19.1. The Labute approximate surface area is 98.5 Å². The van der Waals surface area contributed by atoms with Crippen molar-refractivity contribution < 1.29 is 18.7 Å². The molecule has 0 radical (unpaired) electrons. The van der Waals surface area contributed by atoms with E-state index in [0.29, 0.717) is 12.5 Å². The lowest BCUT2D eigenvalue weighted by Gasteiger charge is -2.15. The van der Waals surface area contributed by atoms with Gasteiger partial charge in [-0.05, 0) is 32.4 Å². The van der Waals surface area contributed by atoms with Gasteiger partial charge in [-0.25, -0.2) is 8.78 Å². The highest BCUT2D eigenvalue weighted by molar-refractivity contribution is 5.94. The average molecular weight is 243 g/mol. The minimum absolute atomic E-state index is 0.0695. The summed E-state index contributed by atoms with van der Waals surface area (Å²) >= 11 is 0. The predicted octanol–water partition coefficient (Wildman–Crippen LogP) is 1.85. The van der Waals surface area contributed by atoms with E-state index in [0.717, 1.165) is 12.1 Å². The van der Waals surface area contributed by atoms with E-state index in [4.69, 9.17) is 5.11 Å². The first kappa shape index (κ1) is 13.6. The van der Waals surface area contributed by atoms with Gasteiger partial charge in [-0.3, -0.25) is 4.79 Å². The van der Waals surface area contributed by atoms with E-state index in [2.05, 4.69) is 5.32 Å². The molecule has 94 valence electrons. The van der Waals surface area contributed by atoms with Crippen LogP contribution in [0.2, 0.25) is 0 Å². The standard InChI is InChI=1S/C12H15F2NO2/c1-7(3-8(2)16)15-12(17)9-4-10(13)6-11(14)5-9/h4-8,16H,3H2,1-2H3,(H,15,17)/t7-,8+/m1/s1. The van der Waals surface area contributed by atoms with E-state index in [1.807, 2.05) is 0 Å². The van der Waals surface area contributed by atoms with E-state index in [9.17, 15) is 13.6 Å². The quantitative estimate of drug-likeness (QED) is 0.848. The predicted molar refractivity (Wildman–Crippen MR) is 59.6 cm³/mol. The molecule has 1 rings (SSSR count). The molecular formula is C12H15F2NO2. The molecule has 17 heavy (non-hydrogen) atoms. The van der Waals surface area contributed by atoms with Gasteiger partial charge in [0.2, 0.25) is 0 Å². The number of carbonyl (C=O) groups excluding carboxylic acids is 1. The lowest BCUT2D eigenvalue weighted by molar-refractivity contribution is 0.0922. The molecule has 3 nitrogen and oxygen atoms in total. The largest absolute Gasteiger partial charge is 0.393 e. The van der Waals surface area contributed by atoms with E-state index >= 15 is 0 Å². The Kier molecular flexibility index (Phi) is 4.57. The van der Waals surface area contributed by atoms with Crippen molar-refractivity contribution in [1.29, 1.82) is 0 Å². The molecule has 0 spiro atoms. The zero-order chi connectivity index (χ0) is 13.0. The number of aliphatic hydroxyl groups is 1. The third kappa shape index (κ3) is 4.48. The van der Waals surface area contributed by atoms with Crippen LogP contribution in [0, 0.1) is 11.6 Å². The Morgan fingerprint density at radius 3 is 2.29 bits per heavy atom. The van der Waals surface area contributed by atoms with Gasteiger partial charge >= 0.3 is 0 Å². The molecule has 1 amide bonds. The second kappa shape index (κ2) is 5.72. The Hall–Kier alpha value is -1.49. The summed E-state index contributed by atoms with van der Waals surface area (Å²) in [6, 6.07) is 2.37. The molecule has 2 N–H and O–H groups in total. The number of hydrogen-bond donors (Lipinski definition) is 2. The Bertz CT molecular complexity index is 387. The van der Waals surface area contributed by atoms with Gasteiger partial charge in [0.05, 0.1) is 6.10 Å². The molecule has 0 aliphatic rings. The number of amides is 1. The van der Waals surface area contributed by atoms with Crippen LogP contribution in [0.5, 0.6) is 0 Å². The molecule has 0 saturated carbocycles. The zero-order valence-corrected chi connectivity index (χ0v) is 9.71. The first-order valence-corrected chi connectivity index (χ1v) is 5.33. The summed E-state index contributed by atoms with van der Waals surface area (Å²) in [5.74, 6) is -2.15. The topological polar surface area (TPSA) is 49.3 Å².